The zero-order valence-electron chi connectivity index (χ0n) is 14.9. The van der Waals surface area contributed by atoms with Crippen LogP contribution in [-0.4, -0.2) is 27.9 Å². The second kappa shape index (κ2) is 8.08. The van der Waals surface area contributed by atoms with E-state index in [4.69, 9.17) is 5.73 Å². The van der Waals surface area contributed by atoms with Gasteiger partial charge in [0, 0.05) is 9.77 Å². The molecule has 0 spiro atoms. The molecule has 5 nitrogen and oxygen atoms in total. The summed E-state index contributed by atoms with van der Waals surface area (Å²) in [6, 6.07) is 7.77. The standard InChI is InChI=1S/C19H20N4OS3/c1-25-14-9-5-3-7-12(14)21-15(24)10-26-19-22-17(20)16-11-6-2-4-8-13(11)27-18(16)23-19/h3,5,7,9H,2,4,6,8,10H2,1H3,(H,21,24)(H2,20,22,23). The van der Waals surface area contributed by atoms with E-state index in [-0.39, 0.29) is 11.7 Å². The molecule has 0 saturated carbocycles. The average Bonchev–Trinajstić information content (AvgIpc) is 3.05. The number of hydrogen-bond acceptors (Lipinski definition) is 7. The van der Waals surface area contributed by atoms with Crippen molar-refractivity contribution < 1.29 is 4.79 Å². The SMILES string of the molecule is CSc1ccccc1NC(=O)CSc1nc(N)c2c3c(sc2n1)CCCC3. The normalized spacial score (nSPS) is 13.5. The van der Waals surface area contributed by atoms with Crippen molar-refractivity contribution in [2.75, 3.05) is 23.1 Å². The summed E-state index contributed by atoms with van der Waals surface area (Å²) in [7, 11) is 0. The average molecular weight is 417 g/mol. The van der Waals surface area contributed by atoms with E-state index < -0.39 is 0 Å². The summed E-state index contributed by atoms with van der Waals surface area (Å²) in [6.45, 7) is 0. The van der Waals surface area contributed by atoms with Crippen molar-refractivity contribution in [2.45, 2.75) is 35.7 Å². The second-order valence-electron chi connectivity index (χ2n) is 6.32. The van der Waals surface area contributed by atoms with Crippen LogP contribution in [0.25, 0.3) is 10.2 Å². The van der Waals surface area contributed by atoms with Gasteiger partial charge in [0.1, 0.15) is 10.6 Å². The van der Waals surface area contributed by atoms with Gasteiger partial charge in [-0.3, -0.25) is 4.79 Å². The van der Waals surface area contributed by atoms with E-state index in [1.54, 1.807) is 23.1 Å². The molecule has 0 unspecified atom stereocenters. The molecule has 8 heteroatoms. The van der Waals surface area contributed by atoms with Gasteiger partial charge in [-0.15, -0.1) is 23.1 Å². The van der Waals surface area contributed by atoms with Gasteiger partial charge in [-0.25, -0.2) is 9.97 Å². The molecule has 2 heterocycles. The number of hydrogen-bond donors (Lipinski definition) is 2. The van der Waals surface area contributed by atoms with Crippen LogP contribution in [0.2, 0.25) is 0 Å². The van der Waals surface area contributed by atoms with Gasteiger partial charge in [-0.05, 0) is 49.6 Å². The van der Waals surface area contributed by atoms with E-state index in [2.05, 4.69) is 15.3 Å². The van der Waals surface area contributed by atoms with E-state index in [0.29, 0.717) is 11.0 Å². The lowest BCUT2D eigenvalue weighted by Gasteiger charge is -2.11. The maximum Gasteiger partial charge on any atom is 0.234 e. The molecule has 1 aromatic carbocycles. The van der Waals surface area contributed by atoms with E-state index in [0.717, 1.165) is 33.6 Å². The number of carbonyl (C=O) groups excluding carboxylic acids is 1. The highest BCUT2D eigenvalue weighted by molar-refractivity contribution is 7.99. The van der Waals surface area contributed by atoms with Crippen molar-refractivity contribution >= 4 is 62.5 Å². The first-order valence-electron chi connectivity index (χ1n) is 8.79. The molecule has 0 saturated heterocycles. The molecule has 1 amide bonds. The molecule has 140 valence electrons. The monoisotopic (exact) mass is 416 g/mol. The summed E-state index contributed by atoms with van der Waals surface area (Å²) in [5.74, 6) is 0.711. The molecule has 1 aliphatic carbocycles. The van der Waals surface area contributed by atoms with Crippen LogP contribution in [0.5, 0.6) is 0 Å². The number of para-hydroxylation sites is 1. The fourth-order valence-electron chi connectivity index (χ4n) is 3.29. The number of nitrogens with zero attached hydrogens (tertiary/aromatic N) is 2. The molecule has 0 fully saturated rings. The predicted octanol–water partition coefficient (Wildman–Crippen LogP) is 4.61. The van der Waals surface area contributed by atoms with Crippen LogP contribution in [0, 0.1) is 0 Å². The third-order valence-electron chi connectivity index (χ3n) is 4.54. The lowest BCUT2D eigenvalue weighted by Crippen LogP contribution is -2.15. The lowest BCUT2D eigenvalue weighted by molar-refractivity contribution is -0.113. The van der Waals surface area contributed by atoms with Gasteiger partial charge >= 0.3 is 0 Å². The fraction of sp³-hybridized carbons (Fsp3) is 0.316. The largest absolute Gasteiger partial charge is 0.383 e. The number of nitrogens with two attached hydrogens (primary N) is 1. The number of thioether (sulfide) groups is 2. The number of carbonyl (C=O) groups is 1. The molecular weight excluding hydrogens is 396 g/mol. The van der Waals surface area contributed by atoms with E-state index in [1.807, 2.05) is 30.5 Å². The van der Waals surface area contributed by atoms with Crippen molar-refractivity contribution in [1.82, 2.24) is 9.97 Å². The summed E-state index contributed by atoms with van der Waals surface area (Å²) in [6.07, 6.45) is 6.59. The third-order valence-corrected chi connectivity index (χ3v) is 7.36. The van der Waals surface area contributed by atoms with Gasteiger partial charge in [-0.1, -0.05) is 23.9 Å². The number of nitrogens with one attached hydrogen (secondary N) is 1. The fourth-order valence-corrected chi connectivity index (χ4v) is 5.83. The zero-order valence-corrected chi connectivity index (χ0v) is 17.4. The van der Waals surface area contributed by atoms with Crippen LogP contribution < -0.4 is 11.1 Å². The van der Waals surface area contributed by atoms with Crippen LogP contribution >= 0.6 is 34.9 Å². The molecule has 1 aliphatic rings. The van der Waals surface area contributed by atoms with Gasteiger partial charge in [0.05, 0.1) is 16.8 Å². The van der Waals surface area contributed by atoms with E-state index in [1.165, 1.54) is 35.0 Å². The van der Waals surface area contributed by atoms with Gasteiger partial charge in [0.2, 0.25) is 5.91 Å². The quantitative estimate of drug-likeness (QED) is 0.467. The van der Waals surface area contributed by atoms with Gasteiger partial charge in [0.25, 0.3) is 0 Å². The minimum atomic E-state index is -0.0748. The summed E-state index contributed by atoms with van der Waals surface area (Å²) in [5, 5.41) is 4.55. The van der Waals surface area contributed by atoms with Crippen molar-refractivity contribution in [3.05, 3.63) is 34.7 Å². The van der Waals surface area contributed by atoms with E-state index in [9.17, 15) is 4.79 Å². The van der Waals surface area contributed by atoms with Crippen molar-refractivity contribution in [1.29, 1.82) is 0 Å². The summed E-state index contributed by atoms with van der Waals surface area (Å²) >= 11 is 4.65. The molecule has 27 heavy (non-hydrogen) atoms. The number of amides is 1. The molecule has 0 aliphatic heterocycles. The second-order valence-corrected chi connectivity index (χ2v) is 9.19. The Hall–Kier alpha value is -1.77. The topological polar surface area (TPSA) is 80.9 Å². The Morgan fingerprint density at radius 2 is 2.07 bits per heavy atom. The molecule has 0 bridgehead atoms. The Morgan fingerprint density at radius 3 is 2.93 bits per heavy atom. The molecule has 0 radical (unpaired) electrons. The maximum absolute atomic E-state index is 12.3. The van der Waals surface area contributed by atoms with Crippen molar-refractivity contribution in [3.63, 3.8) is 0 Å². The number of nitrogen functional groups attached to an aromatic ring is 1. The minimum Gasteiger partial charge on any atom is -0.383 e. The number of aromatic nitrogens is 2. The summed E-state index contributed by atoms with van der Waals surface area (Å²) < 4.78 is 0. The molecule has 4 rings (SSSR count). The molecule has 3 N–H and O–H groups in total. The first-order valence-corrected chi connectivity index (χ1v) is 11.8. The molecule has 3 aromatic rings. The van der Waals surface area contributed by atoms with Crippen molar-refractivity contribution in [2.24, 2.45) is 0 Å². The summed E-state index contributed by atoms with van der Waals surface area (Å²) in [4.78, 5) is 24.8. The van der Waals surface area contributed by atoms with Gasteiger partial charge < -0.3 is 11.1 Å². The number of anilines is 2. The van der Waals surface area contributed by atoms with Crippen LogP contribution in [0.1, 0.15) is 23.3 Å². The Morgan fingerprint density at radius 1 is 1.26 bits per heavy atom. The molecule has 0 atom stereocenters. The lowest BCUT2D eigenvalue weighted by atomic mass is 9.97. The van der Waals surface area contributed by atoms with E-state index >= 15 is 0 Å². The molecule has 2 aromatic heterocycles. The zero-order chi connectivity index (χ0) is 18.8. The Balaban J connectivity index is 1.48. The Bertz CT molecular complexity index is 1000. The first kappa shape index (κ1) is 18.6. The third kappa shape index (κ3) is 3.93. The Kier molecular flexibility index (Phi) is 5.56. The van der Waals surface area contributed by atoms with Gasteiger partial charge in [-0.2, -0.15) is 0 Å². The van der Waals surface area contributed by atoms with Crippen LogP contribution in [0.4, 0.5) is 11.5 Å². The highest BCUT2D eigenvalue weighted by Crippen LogP contribution is 2.38. The summed E-state index contributed by atoms with van der Waals surface area (Å²) in [5.41, 5.74) is 8.40. The Labute approximate surface area is 170 Å². The molecular formula is C19H20N4OS3. The first-order chi connectivity index (χ1) is 13.2. The van der Waals surface area contributed by atoms with Crippen LogP contribution in [-0.2, 0) is 17.6 Å². The number of benzene rings is 1. The number of aryl methyl sites for hydroxylation is 2. The van der Waals surface area contributed by atoms with Crippen molar-refractivity contribution in [3.8, 4) is 0 Å². The minimum absolute atomic E-state index is 0.0748. The maximum atomic E-state index is 12.3. The van der Waals surface area contributed by atoms with Crippen LogP contribution in [0.3, 0.4) is 0 Å². The smallest absolute Gasteiger partial charge is 0.234 e. The highest BCUT2D eigenvalue weighted by Gasteiger charge is 2.20. The number of fused-ring (bicyclic) bond motifs is 3. The van der Waals surface area contributed by atoms with Gasteiger partial charge in [0.15, 0.2) is 5.16 Å². The van der Waals surface area contributed by atoms with Crippen LogP contribution in [0.15, 0.2) is 34.3 Å². The number of rotatable bonds is 5. The number of thiophene rings is 1. The highest BCUT2D eigenvalue weighted by atomic mass is 32.2. The predicted molar refractivity (Wildman–Crippen MR) is 116 cm³/mol.